The van der Waals surface area contributed by atoms with Gasteiger partial charge in [-0.3, -0.25) is 19.1 Å². The molecule has 0 radical (unpaired) electrons. The molecule has 0 saturated heterocycles. The fourth-order valence-electron chi connectivity index (χ4n) is 4.40. The van der Waals surface area contributed by atoms with Crippen molar-refractivity contribution in [3.63, 3.8) is 0 Å². The number of ketones is 1. The number of aromatic nitrogens is 3. The quantitative estimate of drug-likeness (QED) is 0.209. The predicted molar refractivity (Wildman–Crippen MR) is 148 cm³/mol. The van der Waals surface area contributed by atoms with Crippen LogP contribution in [0.1, 0.15) is 15.9 Å². The third-order valence-corrected chi connectivity index (χ3v) is 7.19. The van der Waals surface area contributed by atoms with E-state index in [0.29, 0.717) is 44.0 Å². The van der Waals surface area contributed by atoms with Crippen LogP contribution in [0.3, 0.4) is 0 Å². The van der Waals surface area contributed by atoms with Crippen molar-refractivity contribution in [1.82, 2.24) is 14.5 Å². The van der Waals surface area contributed by atoms with Gasteiger partial charge in [0, 0.05) is 24.1 Å². The highest BCUT2D eigenvalue weighted by Crippen LogP contribution is 2.32. The lowest BCUT2D eigenvalue weighted by molar-refractivity contribution is 0.0991. The molecule has 3 heterocycles. The fourth-order valence-corrected chi connectivity index (χ4v) is 5.20. The molecule has 6 aromatic rings. The van der Waals surface area contributed by atoms with Gasteiger partial charge in [-0.15, -0.1) is 11.3 Å². The van der Waals surface area contributed by atoms with Crippen molar-refractivity contribution >= 4 is 38.4 Å². The predicted octanol–water partition coefficient (Wildman–Crippen LogP) is 6.50. The van der Waals surface area contributed by atoms with Gasteiger partial charge in [-0.25, -0.2) is 13.8 Å². The van der Waals surface area contributed by atoms with E-state index in [0.717, 1.165) is 0 Å². The fraction of sp³-hybridized carbons (Fsp3) is 0.0667. The molecule has 0 fully saturated rings. The highest BCUT2D eigenvalue weighted by molar-refractivity contribution is 7.16. The molecule has 0 amide bonds. The number of hydrogen-bond acceptors (Lipinski definition) is 7. The topological polar surface area (TPSA) is 83.3 Å². The maximum absolute atomic E-state index is 15.1. The number of benzene rings is 3. The lowest BCUT2D eigenvalue weighted by atomic mass is 10.0. The van der Waals surface area contributed by atoms with Crippen molar-refractivity contribution in [1.29, 1.82) is 0 Å². The summed E-state index contributed by atoms with van der Waals surface area (Å²) in [6.45, 7) is 0. The Labute approximate surface area is 229 Å². The van der Waals surface area contributed by atoms with Gasteiger partial charge in [-0.1, -0.05) is 6.07 Å². The maximum Gasteiger partial charge on any atom is 0.267 e. The van der Waals surface area contributed by atoms with Gasteiger partial charge < -0.3 is 9.47 Å². The molecule has 0 spiro atoms. The van der Waals surface area contributed by atoms with E-state index in [9.17, 15) is 14.0 Å². The van der Waals surface area contributed by atoms with Crippen LogP contribution in [0.4, 0.5) is 8.78 Å². The minimum Gasteiger partial charge on any atom is -0.497 e. The normalized spacial score (nSPS) is 11.2. The number of ether oxygens (including phenoxy) is 2. The van der Waals surface area contributed by atoms with Gasteiger partial charge in [0.05, 0.1) is 34.9 Å². The van der Waals surface area contributed by atoms with Gasteiger partial charge in [0.2, 0.25) is 0 Å². The molecule has 0 unspecified atom stereocenters. The van der Waals surface area contributed by atoms with E-state index >= 15 is 4.39 Å². The second kappa shape index (κ2) is 10.3. The molecule has 40 heavy (non-hydrogen) atoms. The second-order valence-corrected chi connectivity index (χ2v) is 9.71. The molecule has 0 aliphatic rings. The number of nitrogens with zero attached hydrogens (tertiary/aromatic N) is 3. The number of hydrogen-bond donors (Lipinski definition) is 0. The van der Waals surface area contributed by atoms with E-state index in [1.165, 1.54) is 58.4 Å². The number of carbonyl (C=O) groups excluding carboxylic acids is 1. The molecular formula is C30H19F2N3O4S. The van der Waals surface area contributed by atoms with Crippen LogP contribution < -0.4 is 15.0 Å². The van der Waals surface area contributed by atoms with Gasteiger partial charge in [0.1, 0.15) is 22.1 Å². The van der Waals surface area contributed by atoms with Crippen molar-refractivity contribution in [3.8, 4) is 22.9 Å². The summed E-state index contributed by atoms with van der Waals surface area (Å²) in [4.78, 5) is 35.7. The van der Waals surface area contributed by atoms with Crippen molar-refractivity contribution in [2.45, 2.75) is 6.42 Å². The van der Waals surface area contributed by atoms with Gasteiger partial charge in [0.25, 0.3) is 5.56 Å². The number of fused-ring (bicyclic) bond motifs is 2. The van der Waals surface area contributed by atoms with E-state index in [-0.39, 0.29) is 17.7 Å². The van der Waals surface area contributed by atoms with Gasteiger partial charge in [0.15, 0.2) is 17.3 Å². The summed E-state index contributed by atoms with van der Waals surface area (Å²) in [6.07, 6.45) is 1.34. The van der Waals surface area contributed by atoms with Crippen LogP contribution in [-0.2, 0) is 6.42 Å². The molecule has 0 atom stereocenters. The number of halogens is 2. The Morgan fingerprint density at radius 3 is 2.52 bits per heavy atom. The third kappa shape index (κ3) is 4.69. The average molecular weight is 556 g/mol. The zero-order valence-electron chi connectivity index (χ0n) is 20.9. The second-order valence-electron chi connectivity index (χ2n) is 8.88. The van der Waals surface area contributed by atoms with Gasteiger partial charge in [-0.05, 0) is 66.2 Å². The summed E-state index contributed by atoms with van der Waals surface area (Å²) in [5, 5.41) is 0.678. The number of thiazole rings is 1. The smallest absolute Gasteiger partial charge is 0.267 e. The van der Waals surface area contributed by atoms with Crippen LogP contribution >= 0.6 is 11.3 Å². The highest BCUT2D eigenvalue weighted by Gasteiger charge is 2.20. The zero-order chi connectivity index (χ0) is 27.8. The van der Waals surface area contributed by atoms with Crippen LogP contribution in [0.5, 0.6) is 17.2 Å². The molecule has 7 nitrogen and oxygen atoms in total. The summed E-state index contributed by atoms with van der Waals surface area (Å²) in [7, 11) is 1.56. The molecule has 3 aromatic heterocycles. The van der Waals surface area contributed by atoms with Crippen LogP contribution in [0, 0.1) is 11.6 Å². The monoisotopic (exact) mass is 555 g/mol. The molecule has 0 bridgehead atoms. The van der Waals surface area contributed by atoms with Crippen LogP contribution in [0.25, 0.3) is 26.9 Å². The number of pyridine rings is 2. The third-order valence-electron chi connectivity index (χ3n) is 6.37. The molecule has 3 aromatic carbocycles. The van der Waals surface area contributed by atoms with Crippen molar-refractivity contribution in [2.75, 3.05) is 7.11 Å². The number of rotatable bonds is 7. The molecule has 10 heteroatoms. The largest absolute Gasteiger partial charge is 0.497 e. The summed E-state index contributed by atoms with van der Waals surface area (Å²) in [5.41, 5.74) is 2.76. The first-order chi connectivity index (χ1) is 19.4. The summed E-state index contributed by atoms with van der Waals surface area (Å²) < 4.78 is 41.0. The summed E-state index contributed by atoms with van der Waals surface area (Å²) in [5.74, 6) is -0.595. The summed E-state index contributed by atoms with van der Waals surface area (Å²) in [6, 6.07) is 18.0. The van der Waals surface area contributed by atoms with E-state index in [1.54, 1.807) is 49.1 Å². The molecule has 198 valence electrons. The molecule has 0 N–H and O–H groups in total. The van der Waals surface area contributed by atoms with E-state index < -0.39 is 23.0 Å². The SMILES string of the molecule is COc1ccc2c(Oc3ccc(CC(=O)c4cc5ncsc5n(-c5ccc(F)cc5)c4=O)cc3F)ccnc2c1. The Morgan fingerprint density at radius 2 is 1.75 bits per heavy atom. The Kier molecular flexibility index (Phi) is 6.53. The minimum absolute atomic E-state index is 0.0259. The van der Waals surface area contributed by atoms with Crippen LogP contribution in [0.2, 0.25) is 0 Å². The number of carbonyl (C=O) groups is 1. The number of methoxy groups -OCH3 is 1. The first-order valence-corrected chi connectivity index (χ1v) is 13.0. The zero-order valence-corrected chi connectivity index (χ0v) is 21.7. The maximum atomic E-state index is 15.1. The van der Waals surface area contributed by atoms with Crippen molar-refractivity contribution < 1.29 is 23.0 Å². The van der Waals surface area contributed by atoms with Crippen LogP contribution in [-0.4, -0.2) is 27.4 Å². The first kappa shape index (κ1) is 25.3. The molecule has 6 rings (SSSR count). The van der Waals surface area contributed by atoms with E-state index in [2.05, 4.69) is 9.97 Å². The Hall–Kier alpha value is -4.96. The molecule has 0 saturated carbocycles. The van der Waals surface area contributed by atoms with Crippen molar-refractivity contribution in [2.24, 2.45) is 0 Å². The van der Waals surface area contributed by atoms with Gasteiger partial charge in [-0.2, -0.15) is 0 Å². The Bertz CT molecular complexity index is 1970. The van der Waals surface area contributed by atoms with Gasteiger partial charge >= 0.3 is 0 Å². The van der Waals surface area contributed by atoms with E-state index in [4.69, 9.17) is 9.47 Å². The standard InChI is InChI=1S/C30H19F2N3O4S/c1-38-20-7-8-21-24(14-20)33-11-10-27(21)39-28-9-2-17(12-23(28)32)13-26(36)22-15-25-30(40-16-34-25)35(29(22)37)19-5-3-18(31)4-6-19/h2-12,14-16H,13H2,1H3. The highest BCUT2D eigenvalue weighted by atomic mass is 32.1. The number of Topliss-reactive ketones (excluding diaryl/α,β-unsaturated/α-hetero) is 1. The summed E-state index contributed by atoms with van der Waals surface area (Å²) >= 11 is 1.23. The van der Waals surface area contributed by atoms with Crippen LogP contribution in [0.15, 0.2) is 89.3 Å². The van der Waals surface area contributed by atoms with Crippen molar-refractivity contribution in [3.05, 3.63) is 118 Å². The lowest BCUT2D eigenvalue weighted by Crippen LogP contribution is -2.26. The minimum atomic E-state index is -0.664. The van der Waals surface area contributed by atoms with E-state index in [1.807, 2.05) is 0 Å². The lowest BCUT2D eigenvalue weighted by Gasteiger charge is -2.12. The molecule has 0 aliphatic carbocycles. The molecular weight excluding hydrogens is 536 g/mol. The first-order valence-electron chi connectivity index (χ1n) is 12.1. The molecule has 0 aliphatic heterocycles. The Balaban J connectivity index is 1.28. The Morgan fingerprint density at radius 1 is 0.925 bits per heavy atom. The average Bonchev–Trinajstić information content (AvgIpc) is 3.43.